The van der Waals surface area contributed by atoms with Crippen molar-refractivity contribution in [2.75, 3.05) is 7.11 Å². The number of carbonyl (C=O) groups is 3. The number of phenols is 1. The molecule has 3 N–H and O–H groups in total. The highest BCUT2D eigenvalue weighted by atomic mass is 16.6. The van der Waals surface area contributed by atoms with E-state index in [0.717, 1.165) is 32.1 Å². The Labute approximate surface area is 183 Å². The van der Waals surface area contributed by atoms with Crippen molar-refractivity contribution in [3.63, 3.8) is 0 Å². The molecule has 0 radical (unpaired) electrons. The van der Waals surface area contributed by atoms with Gasteiger partial charge in [0, 0.05) is 6.42 Å². The van der Waals surface area contributed by atoms with Crippen LogP contribution in [0.3, 0.4) is 0 Å². The van der Waals surface area contributed by atoms with Crippen LogP contribution in [0.25, 0.3) is 0 Å². The van der Waals surface area contributed by atoms with E-state index in [-0.39, 0.29) is 18.1 Å². The van der Waals surface area contributed by atoms with Crippen LogP contribution in [0.5, 0.6) is 5.75 Å². The molecule has 0 bridgehead atoms. The molecule has 1 aromatic rings. The van der Waals surface area contributed by atoms with Gasteiger partial charge in [-0.15, -0.1) is 0 Å². The number of aromatic hydroxyl groups is 1. The van der Waals surface area contributed by atoms with Crippen LogP contribution in [-0.2, 0) is 25.5 Å². The molecule has 8 nitrogen and oxygen atoms in total. The lowest BCUT2D eigenvalue weighted by Crippen LogP contribution is -2.56. The summed E-state index contributed by atoms with van der Waals surface area (Å²) < 4.78 is 10.2. The number of amides is 2. The number of nitrogens with one attached hydrogen (secondary N) is 2. The highest BCUT2D eigenvalue weighted by Gasteiger charge is 2.34. The molecule has 0 heterocycles. The summed E-state index contributed by atoms with van der Waals surface area (Å²) in [7, 11) is 1.25. The normalized spacial score (nSPS) is 16.6. The maximum absolute atomic E-state index is 13.2. The van der Waals surface area contributed by atoms with E-state index in [1.807, 2.05) is 0 Å². The van der Waals surface area contributed by atoms with Crippen molar-refractivity contribution < 1.29 is 29.0 Å². The predicted molar refractivity (Wildman–Crippen MR) is 115 cm³/mol. The van der Waals surface area contributed by atoms with Gasteiger partial charge in [-0.3, -0.25) is 4.79 Å². The number of ether oxygens (including phenoxy) is 2. The van der Waals surface area contributed by atoms with E-state index in [0.29, 0.717) is 5.56 Å². The molecule has 0 aromatic heterocycles. The average molecular weight is 435 g/mol. The molecular weight excluding hydrogens is 400 g/mol. The summed E-state index contributed by atoms with van der Waals surface area (Å²) in [5.74, 6) is -1.02. The van der Waals surface area contributed by atoms with Crippen molar-refractivity contribution >= 4 is 18.0 Å². The van der Waals surface area contributed by atoms with E-state index >= 15 is 0 Å². The monoisotopic (exact) mass is 434 g/mol. The molecule has 1 saturated carbocycles. The first-order valence-electron chi connectivity index (χ1n) is 10.7. The average Bonchev–Trinajstić information content (AvgIpc) is 2.70. The van der Waals surface area contributed by atoms with Crippen LogP contribution >= 0.6 is 0 Å². The zero-order chi connectivity index (χ0) is 23.0. The number of esters is 1. The molecule has 2 amide bonds. The van der Waals surface area contributed by atoms with Crippen LogP contribution in [0.4, 0.5) is 4.79 Å². The van der Waals surface area contributed by atoms with Gasteiger partial charge in [-0.25, -0.2) is 9.59 Å². The van der Waals surface area contributed by atoms with Crippen molar-refractivity contribution in [1.29, 1.82) is 0 Å². The Morgan fingerprint density at radius 3 is 2.39 bits per heavy atom. The standard InChI is InChI=1S/C23H34N2O6/c1-23(2,3)31-22(29)25-19(16-10-6-5-7-11-16)20(27)24-18(21(28)30-4)14-15-9-8-12-17(26)13-15/h8-9,12-13,16,18-19,26H,5-7,10-11,14H2,1-4H3,(H,24,27)(H,25,29). The molecule has 1 aromatic carbocycles. The summed E-state index contributed by atoms with van der Waals surface area (Å²) in [5, 5.41) is 15.1. The number of alkyl carbamates (subject to hydrolysis) is 1. The van der Waals surface area contributed by atoms with Crippen molar-refractivity contribution in [1.82, 2.24) is 10.6 Å². The van der Waals surface area contributed by atoms with E-state index in [2.05, 4.69) is 10.6 Å². The SMILES string of the molecule is COC(=O)C(Cc1cccc(O)c1)NC(=O)C(NC(=O)OC(C)(C)C)C1CCCCC1. The second kappa shape index (κ2) is 11.0. The Balaban J connectivity index is 2.17. The Morgan fingerprint density at radius 2 is 1.81 bits per heavy atom. The van der Waals surface area contributed by atoms with Crippen LogP contribution in [0.15, 0.2) is 24.3 Å². The lowest BCUT2D eigenvalue weighted by Gasteiger charge is -2.31. The number of phenolic OH excluding ortho intramolecular Hbond substituents is 1. The van der Waals surface area contributed by atoms with Gasteiger partial charge in [-0.1, -0.05) is 31.4 Å². The molecule has 8 heteroatoms. The number of methoxy groups -OCH3 is 1. The third-order valence-electron chi connectivity index (χ3n) is 5.23. The van der Waals surface area contributed by atoms with Crippen molar-refractivity contribution in [3.8, 4) is 5.75 Å². The second-order valence-electron chi connectivity index (χ2n) is 8.98. The fraction of sp³-hybridized carbons (Fsp3) is 0.609. The molecule has 2 unspecified atom stereocenters. The minimum Gasteiger partial charge on any atom is -0.508 e. The van der Waals surface area contributed by atoms with Crippen LogP contribution in [-0.4, -0.2) is 47.9 Å². The van der Waals surface area contributed by atoms with Gasteiger partial charge in [0.1, 0.15) is 23.4 Å². The van der Waals surface area contributed by atoms with Crippen molar-refractivity contribution in [3.05, 3.63) is 29.8 Å². The van der Waals surface area contributed by atoms with E-state index in [4.69, 9.17) is 9.47 Å². The Morgan fingerprint density at radius 1 is 1.13 bits per heavy atom. The quantitative estimate of drug-likeness (QED) is 0.569. The topological polar surface area (TPSA) is 114 Å². The van der Waals surface area contributed by atoms with E-state index in [9.17, 15) is 19.5 Å². The first-order valence-corrected chi connectivity index (χ1v) is 10.7. The first kappa shape index (κ1) is 24.5. The third kappa shape index (κ3) is 8.11. The van der Waals surface area contributed by atoms with Crippen LogP contribution in [0, 0.1) is 5.92 Å². The molecule has 1 fully saturated rings. The van der Waals surface area contributed by atoms with Gasteiger partial charge >= 0.3 is 12.1 Å². The van der Waals surface area contributed by atoms with Crippen molar-refractivity contribution in [2.24, 2.45) is 5.92 Å². The Bertz CT molecular complexity index is 768. The summed E-state index contributed by atoms with van der Waals surface area (Å²) in [6, 6.07) is 4.70. The van der Waals surface area contributed by atoms with E-state index < -0.39 is 35.7 Å². The molecule has 0 aliphatic heterocycles. The summed E-state index contributed by atoms with van der Waals surface area (Å²) >= 11 is 0. The highest BCUT2D eigenvalue weighted by molar-refractivity contribution is 5.90. The maximum Gasteiger partial charge on any atom is 0.408 e. The molecule has 0 spiro atoms. The first-order chi connectivity index (χ1) is 14.6. The van der Waals surface area contributed by atoms with Gasteiger partial charge in [0.2, 0.25) is 5.91 Å². The minimum absolute atomic E-state index is 0.0414. The Hall–Kier alpha value is -2.77. The van der Waals surface area contributed by atoms with Gasteiger partial charge in [0.15, 0.2) is 0 Å². The lowest BCUT2D eigenvalue weighted by atomic mass is 9.83. The smallest absolute Gasteiger partial charge is 0.408 e. The number of hydrogen-bond donors (Lipinski definition) is 3. The van der Waals surface area contributed by atoms with Gasteiger partial charge in [-0.2, -0.15) is 0 Å². The summed E-state index contributed by atoms with van der Waals surface area (Å²) in [4.78, 5) is 37.9. The zero-order valence-electron chi connectivity index (χ0n) is 18.8. The van der Waals surface area contributed by atoms with Gasteiger partial charge in [0.05, 0.1) is 7.11 Å². The maximum atomic E-state index is 13.2. The second-order valence-corrected chi connectivity index (χ2v) is 8.98. The van der Waals surface area contributed by atoms with Gasteiger partial charge in [0.25, 0.3) is 0 Å². The summed E-state index contributed by atoms with van der Waals surface area (Å²) in [6.45, 7) is 5.26. The van der Waals surface area contributed by atoms with E-state index in [1.54, 1.807) is 32.9 Å². The summed E-state index contributed by atoms with van der Waals surface area (Å²) in [6.07, 6.45) is 4.16. The van der Waals surface area contributed by atoms with Crippen LogP contribution in [0.1, 0.15) is 58.4 Å². The highest BCUT2D eigenvalue weighted by Crippen LogP contribution is 2.27. The van der Waals surface area contributed by atoms with Crippen LogP contribution < -0.4 is 10.6 Å². The number of hydrogen-bond acceptors (Lipinski definition) is 6. The molecule has 2 atom stereocenters. The molecular formula is C23H34N2O6. The molecule has 172 valence electrons. The number of rotatable bonds is 7. The number of benzene rings is 1. The van der Waals surface area contributed by atoms with Gasteiger partial charge < -0.3 is 25.2 Å². The lowest BCUT2D eigenvalue weighted by molar-refractivity contribution is -0.145. The van der Waals surface area contributed by atoms with Crippen molar-refractivity contribution in [2.45, 2.75) is 77.0 Å². The predicted octanol–water partition coefficient (Wildman–Crippen LogP) is 3.07. The largest absolute Gasteiger partial charge is 0.508 e. The fourth-order valence-electron chi connectivity index (χ4n) is 3.82. The van der Waals surface area contributed by atoms with Gasteiger partial charge in [-0.05, 0) is 57.2 Å². The number of carbonyl (C=O) groups excluding carboxylic acids is 3. The molecule has 1 aliphatic rings. The third-order valence-corrected chi connectivity index (χ3v) is 5.23. The minimum atomic E-state index is -0.953. The summed E-state index contributed by atoms with van der Waals surface area (Å²) in [5.41, 5.74) is -0.0216. The zero-order valence-corrected chi connectivity index (χ0v) is 18.8. The molecule has 1 aliphatic carbocycles. The molecule has 31 heavy (non-hydrogen) atoms. The van der Waals surface area contributed by atoms with Crippen LogP contribution in [0.2, 0.25) is 0 Å². The van der Waals surface area contributed by atoms with E-state index in [1.165, 1.54) is 19.2 Å². The Kier molecular flexibility index (Phi) is 8.71. The molecule has 0 saturated heterocycles. The molecule has 2 rings (SSSR count). The fourth-order valence-corrected chi connectivity index (χ4v) is 3.82.